The number of hydrogen-bond acceptors (Lipinski definition) is 6. The first-order chi connectivity index (χ1) is 13.3. The van der Waals surface area contributed by atoms with E-state index in [0.29, 0.717) is 5.13 Å². The number of nitrogens with one attached hydrogen (secondary N) is 2. The number of aromatic nitrogens is 1. The summed E-state index contributed by atoms with van der Waals surface area (Å²) < 4.78 is 27.1. The number of likely N-dealkylation sites (tertiary alicyclic amines) is 1. The number of carbonyl (C=O) groups is 1. The average Bonchev–Trinajstić information content (AvgIpc) is 3.08. The van der Waals surface area contributed by atoms with Crippen LogP contribution in [0.4, 0.5) is 5.13 Å². The van der Waals surface area contributed by atoms with Crippen LogP contribution in [0.25, 0.3) is 0 Å². The first-order valence-corrected chi connectivity index (χ1v) is 11.8. The number of benzene rings is 1. The van der Waals surface area contributed by atoms with Gasteiger partial charge >= 0.3 is 0 Å². The minimum absolute atomic E-state index is 0.0683. The number of piperidine rings is 1. The zero-order valence-electron chi connectivity index (χ0n) is 16.1. The third-order valence-corrected chi connectivity index (χ3v) is 6.87. The molecule has 0 bridgehead atoms. The second kappa shape index (κ2) is 9.13. The molecule has 0 saturated carbocycles. The Morgan fingerprint density at radius 3 is 2.71 bits per heavy atom. The number of hydrogen-bond donors (Lipinski definition) is 2. The topological polar surface area (TPSA) is 91.4 Å². The average molecular weight is 423 g/mol. The largest absolute Gasteiger partial charge is 0.298 e. The highest BCUT2D eigenvalue weighted by atomic mass is 32.2. The van der Waals surface area contributed by atoms with Crippen LogP contribution in [0.3, 0.4) is 0 Å². The molecule has 1 fully saturated rings. The van der Waals surface area contributed by atoms with E-state index in [1.807, 2.05) is 5.38 Å². The molecule has 0 aliphatic carbocycles. The second-order valence-electron chi connectivity index (χ2n) is 7.24. The van der Waals surface area contributed by atoms with Crippen molar-refractivity contribution in [3.8, 4) is 0 Å². The van der Waals surface area contributed by atoms with E-state index in [1.165, 1.54) is 42.7 Å². The van der Waals surface area contributed by atoms with E-state index in [4.69, 9.17) is 0 Å². The SMILES string of the molecule is CC(C)NS(=O)(=O)c1cccc(C(=O)Nc2nc(CN3CCCCC3)cs2)c1. The highest BCUT2D eigenvalue weighted by Gasteiger charge is 2.18. The van der Waals surface area contributed by atoms with Crippen molar-refractivity contribution in [1.29, 1.82) is 0 Å². The fraction of sp³-hybridized carbons (Fsp3) is 0.474. The van der Waals surface area contributed by atoms with E-state index in [9.17, 15) is 13.2 Å². The van der Waals surface area contributed by atoms with Crippen molar-refractivity contribution in [2.75, 3.05) is 18.4 Å². The summed E-state index contributed by atoms with van der Waals surface area (Å²) in [7, 11) is -3.65. The summed E-state index contributed by atoms with van der Waals surface area (Å²) in [6.07, 6.45) is 3.73. The van der Waals surface area contributed by atoms with Gasteiger partial charge < -0.3 is 0 Å². The summed E-state index contributed by atoms with van der Waals surface area (Å²) in [5, 5.41) is 5.25. The molecule has 0 atom stereocenters. The molecule has 152 valence electrons. The van der Waals surface area contributed by atoms with Crippen molar-refractivity contribution in [1.82, 2.24) is 14.6 Å². The van der Waals surface area contributed by atoms with Crippen molar-refractivity contribution in [3.05, 3.63) is 40.9 Å². The Morgan fingerprint density at radius 1 is 1.25 bits per heavy atom. The van der Waals surface area contributed by atoms with Crippen molar-refractivity contribution in [2.24, 2.45) is 0 Å². The summed E-state index contributed by atoms with van der Waals surface area (Å²) in [5.41, 5.74) is 1.22. The summed E-state index contributed by atoms with van der Waals surface area (Å²) >= 11 is 1.38. The Labute approximate surface area is 170 Å². The summed E-state index contributed by atoms with van der Waals surface area (Å²) in [4.78, 5) is 19.5. The van der Waals surface area contributed by atoms with Crippen LogP contribution in [0, 0.1) is 0 Å². The van der Waals surface area contributed by atoms with Gasteiger partial charge in [0, 0.05) is 23.5 Å². The molecule has 1 saturated heterocycles. The highest BCUT2D eigenvalue weighted by molar-refractivity contribution is 7.89. The Bertz CT molecular complexity index is 919. The van der Waals surface area contributed by atoms with Crippen LogP contribution in [0.15, 0.2) is 34.5 Å². The van der Waals surface area contributed by atoms with Gasteiger partial charge in [0.2, 0.25) is 10.0 Å². The molecule has 2 N–H and O–H groups in total. The molecule has 1 aromatic heterocycles. The molecule has 1 aromatic carbocycles. The molecule has 1 aliphatic rings. The van der Waals surface area contributed by atoms with Crippen molar-refractivity contribution < 1.29 is 13.2 Å². The van der Waals surface area contributed by atoms with Crippen LogP contribution in [0.5, 0.6) is 0 Å². The van der Waals surface area contributed by atoms with E-state index in [1.54, 1.807) is 26.0 Å². The first-order valence-electron chi connectivity index (χ1n) is 9.44. The molecular weight excluding hydrogens is 396 g/mol. The summed E-state index contributed by atoms with van der Waals surface area (Å²) in [6.45, 7) is 6.47. The summed E-state index contributed by atoms with van der Waals surface area (Å²) in [5.74, 6) is -0.375. The number of sulfonamides is 1. The predicted molar refractivity (Wildman–Crippen MR) is 111 cm³/mol. The maximum Gasteiger partial charge on any atom is 0.257 e. The first kappa shape index (κ1) is 20.9. The van der Waals surface area contributed by atoms with Gasteiger partial charge in [0.25, 0.3) is 5.91 Å². The summed E-state index contributed by atoms with van der Waals surface area (Å²) in [6, 6.07) is 5.78. The molecule has 28 heavy (non-hydrogen) atoms. The second-order valence-corrected chi connectivity index (χ2v) is 9.81. The van der Waals surface area contributed by atoms with E-state index in [0.717, 1.165) is 25.3 Å². The van der Waals surface area contributed by atoms with Gasteiger partial charge in [-0.05, 0) is 58.0 Å². The number of carbonyl (C=O) groups excluding carboxylic acids is 1. The lowest BCUT2D eigenvalue weighted by molar-refractivity contribution is 0.102. The Kier molecular flexibility index (Phi) is 6.82. The lowest BCUT2D eigenvalue weighted by Gasteiger charge is -2.25. The highest BCUT2D eigenvalue weighted by Crippen LogP contribution is 2.20. The minimum atomic E-state index is -3.65. The van der Waals surface area contributed by atoms with Crippen LogP contribution < -0.4 is 10.0 Å². The quantitative estimate of drug-likeness (QED) is 0.716. The molecular formula is C19H26N4O3S2. The van der Waals surface area contributed by atoms with Gasteiger partial charge in [-0.3, -0.25) is 15.0 Å². The third-order valence-electron chi connectivity index (χ3n) is 4.40. The molecule has 3 rings (SSSR count). The maximum absolute atomic E-state index is 12.5. The zero-order valence-corrected chi connectivity index (χ0v) is 17.8. The minimum Gasteiger partial charge on any atom is -0.298 e. The number of nitrogens with zero attached hydrogens (tertiary/aromatic N) is 2. The predicted octanol–water partition coefficient (Wildman–Crippen LogP) is 3.07. The van der Waals surface area contributed by atoms with Crippen LogP contribution in [-0.2, 0) is 16.6 Å². The lowest BCUT2D eigenvalue weighted by Crippen LogP contribution is -2.30. The van der Waals surface area contributed by atoms with E-state index in [-0.39, 0.29) is 22.4 Å². The van der Waals surface area contributed by atoms with Crippen LogP contribution in [-0.4, -0.2) is 43.3 Å². The van der Waals surface area contributed by atoms with Gasteiger partial charge in [-0.1, -0.05) is 12.5 Å². The fourth-order valence-corrected chi connectivity index (χ4v) is 5.13. The van der Waals surface area contributed by atoms with Gasteiger partial charge in [-0.15, -0.1) is 11.3 Å². The molecule has 1 amide bonds. The molecule has 0 spiro atoms. The number of anilines is 1. The van der Waals surface area contributed by atoms with Gasteiger partial charge in [-0.2, -0.15) is 0 Å². The normalized spacial score (nSPS) is 15.7. The van der Waals surface area contributed by atoms with Crippen LogP contribution in [0.2, 0.25) is 0 Å². The zero-order chi connectivity index (χ0) is 20.1. The lowest BCUT2D eigenvalue weighted by atomic mass is 10.1. The molecule has 9 heteroatoms. The molecule has 0 radical (unpaired) electrons. The van der Waals surface area contributed by atoms with E-state index < -0.39 is 10.0 Å². The van der Waals surface area contributed by atoms with Gasteiger partial charge in [0.05, 0.1) is 10.6 Å². The molecule has 2 aromatic rings. The van der Waals surface area contributed by atoms with Gasteiger partial charge in [0.1, 0.15) is 0 Å². The maximum atomic E-state index is 12.5. The smallest absolute Gasteiger partial charge is 0.257 e. The Balaban J connectivity index is 1.66. The molecule has 2 heterocycles. The van der Waals surface area contributed by atoms with Gasteiger partial charge in [0.15, 0.2) is 5.13 Å². The standard InChI is InChI=1S/C19H26N4O3S2/c1-14(2)22-28(25,26)17-8-6-7-15(11-17)18(24)21-19-20-16(13-27-19)12-23-9-4-3-5-10-23/h6-8,11,13-14,22H,3-5,9-10,12H2,1-2H3,(H,20,21,24). The van der Waals surface area contributed by atoms with E-state index in [2.05, 4.69) is 19.9 Å². The molecule has 1 aliphatic heterocycles. The van der Waals surface area contributed by atoms with Crippen molar-refractivity contribution in [2.45, 2.75) is 50.6 Å². The fourth-order valence-electron chi connectivity index (χ4n) is 3.14. The number of amides is 1. The Morgan fingerprint density at radius 2 is 2.00 bits per heavy atom. The van der Waals surface area contributed by atoms with E-state index >= 15 is 0 Å². The number of thiazole rings is 1. The Hall–Kier alpha value is -1.81. The van der Waals surface area contributed by atoms with Crippen molar-refractivity contribution in [3.63, 3.8) is 0 Å². The number of rotatable bonds is 7. The monoisotopic (exact) mass is 422 g/mol. The molecule has 7 nitrogen and oxygen atoms in total. The molecule has 0 unspecified atom stereocenters. The van der Waals surface area contributed by atoms with Gasteiger partial charge in [-0.25, -0.2) is 18.1 Å². The van der Waals surface area contributed by atoms with Crippen molar-refractivity contribution >= 4 is 32.4 Å². The van der Waals surface area contributed by atoms with Crippen LogP contribution >= 0.6 is 11.3 Å². The third kappa shape index (κ3) is 5.60. The van der Waals surface area contributed by atoms with Crippen LogP contribution in [0.1, 0.15) is 49.2 Å².